The van der Waals surface area contributed by atoms with Gasteiger partial charge in [0.2, 0.25) is 5.91 Å². The second-order valence-corrected chi connectivity index (χ2v) is 10.2. The molecule has 0 unspecified atom stereocenters. The van der Waals surface area contributed by atoms with E-state index < -0.39 is 0 Å². The van der Waals surface area contributed by atoms with Crippen LogP contribution in [0.5, 0.6) is 0 Å². The van der Waals surface area contributed by atoms with E-state index in [4.69, 9.17) is 0 Å². The maximum atomic E-state index is 12.3. The fourth-order valence-electron chi connectivity index (χ4n) is 2.76. The molecule has 0 atom stereocenters. The molecule has 0 bridgehead atoms. The lowest BCUT2D eigenvalue weighted by molar-refractivity contribution is -0.136. The lowest BCUT2D eigenvalue weighted by atomic mass is 9.88. The summed E-state index contributed by atoms with van der Waals surface area (Å²) < 4.78 is 0. The van der Waals surface area contributed by atoms with Gasteiger partial charge in [-0.25, -0.2) is 10.0 Å². The molecule has 2 nitrogen and oxygen atoms in total. The second kappa shape index (κ2) is 4.99. The van der Waals surface area contributed by atoms with Crippen molar-refractivity contribution in [3.8, 4) is 0 Å². The molecule has 3 heteroatoms. The van der Waals surface area contributed by atoms with Crippen LogP contribution in [0.25, 0.3) is 0 Å². The van der Waals surface area contributed by atoms with Gasteiger partial charge in [0.05, 0.1) is 0 Å². The number of carbonyl (C=O) groups excluding carboxylic acids is 1. The Hall–Kier alpha value is -0.180. The Labute approximate surface area is 101 Å². The Bertz CT molecular complexity index is 249. The second-order valence-electron chi connectivity index (χ2n) is 5.84. The fraction of sp³-hybridized carbons (Fsp3) is 0.923. The summed E-state index contributed by atoms with van der Waals surface area (Å²) in [5.74, 6) is 3.34. The van der Waals surface area contributed by atoms with Crippen molar-refractivity contribution >= 4 is 15.9 Å². The summed E-state index contributed by atoms with van der Waals surface area (Å²) in [5, 5.41) is 0. The third-order valence-electron chi connectivity index (χ3n) is 4.09. The maximum absolute atomic E-state index is 12.3. The van der Waals surface area contributed by atoms with Crippen LogP contribution in [-0.4, -0.2) is 47.9 Å². The number of hydrogen-bond donors (Lipinski definition) is 0. The van der Waals surface area contributed by atoms with Crippen LogP contribution in [0.3, 0.4) is 0 Å². The van der Waals surface area contributed by atoms with E-state index in [9.17, 15) is 4.79 Å². The van der Waals surface area contributed by atoms with Gasteiger partial charge in [-0.1, -0.05) is 19.3 Å². The molecular weight excluding hydrogens is 218 g/mol. The van der Waals surface area contributed by atoms with E-state index in [-0.39, 0.29) is 10.0 Å². The van der Waals surface area contributed by atoms with Crippen molar-refractivity contribution in [2.75, 3.05) is 37.1 Å². The third kappa shape index (κ3) is 2.93. The molecule has 1 aliphatic heterocycles. The molecule has 1 saturated carbocycles. The SMILES string of the molecule is CS1(C)CCN(C(=O)C2CCCCC2)CC1. The van der Waals surface area contributed by atoms with Crippen molar-refractivity contribution in [1.82, 2.24) is 4.90 Å². The Balaban J connectivity index is 1.86. The van der Waals surface area contributed by atoms with Crippen molar-refractivity contribution in [3.05, 3.63) is 0 Å². The third-order valence-corrected chi connectivity index (χ3v) is 6.67. The summed E-state index contributed by atoms with van der Waals surface area (Å²) >= 11 is 0. The van der Waals surface area contributed by atoms with Crippen LogP contribution in [-0.2, 0) is 4.79 Å². The molecule has 2 rings (SSSR count). The van der Waals surface area contributed by atoms with Crippen LogP contribution >= 0.6 is 10.0 Å². The maximum Gasteiger partial charge on any atom is 0.225 e. The van der Waals surface area contributed by atoms with E-state index in [1.165, 1.54) is 30.8 Å². The highest BCUT2D eigenvalue weighted by atomic mass is 32.3. The summed E-state index contributed by atoms with van der Waals surface area (Å²) in [7, 11) is -0.374. The molecule has 94 valence electrons. The van der Waals surface area contributed by atoms with Crippen LogP contribution in [0.1, 0.15) is 32.1 Å². The Morgan fingerprint density at radius 2 is 1.62 bits per heavy atom. The van der Waals surface area contributed by atoms with Crippen LogP contribution in [0.4, 0.5) is 0 Å². The monoisotopic (exact) mass is 243 g/mol. The summed E-state index contributed by atoms with van der Waals surface area (Å²) in [5.41, 5.74) is 0. The molecule has 1 aliphatic carbocycles. The Morgan fingerprint density at radius 3 is 2.19 bits per heavy atom. The summed E-state index contributed by atoms with van der Waals surface area (Å²) in [6, 6.07) is 0. The molecule has 2 aliphatic rings. The van der Waals surface area contributed by atoms with Gasteiger partial charge in [-0.05, 0) is 36.9 Å². The number of rotatable bonds is 1. The highest BCUT2D eigenvalue weighted by Crippen LogP contribution is 2.42. The van der Waals surface area contributed by atoms with Crippen LogP contribution in [0.15, 0.2) is 0 Å². The molecular formula is C13H25NOS. The van der Waals surface area contributed by atoms with E-state index >= 15 is 0 Å². The van der Waals surface area contributed by atoms with Crippen LogP contribution < -0.4 is 0 Å². The van der Waals surface area contributed by atoms with Gasteiger partial charge >= 0.3 is 0 Å². The topological polar surface area (TPSA) is 20.3 Å². The average Bonchev–Trinajstić information content (AvgIpc) is 2.29. The normalized spacial score (nSPS) is 28.8. The first-order valence-corrected chi connectivity index (χ1v) is 9.35. The van der Waals surface area contributed by atoms with E-state index in [1.807, 2.05) is 0 Å². The lowest BCUT2D eigenvalue weighted by Gasteiger charge is -2.42. The molecule has 1 heterocycles. The highest BCUT2D eigenvalue weighted by Gasteiger charge is 2.29. The van der Waals surface area contributed by atoms with Crippen molar-refractivity contribution in [3.63, 3.8) is 0 Å². The van der Waals surface area contributed by atoms with Crippen molar-refractivity contribution < 1.29 is 4.79 Å². The molecule has 0 aromatic rings. The lowest BCUT2D eigenvalue weighted by Crippen LogP contribution is -2.44. The first-order chi connectivity index (χ1) is 7.58. The highest BCUT2D eigenvalue weighted by molar-refractivity contribution is 8.32. The zero-order valence-electron chi connectivity index (χ0n) is 10.7. The van der Waals surface area contributed by atoms with Gasteiger partial charge < -0.3 is 4.90 Å². The fourth-order valence-corrected chi connectivity index (χ4v) is 4.39. The predicted molar refractivity (Wildman–Crippen MR) is 72.3 cm³/mol. The standard InChI is InChI=1S/C13H25NOS/c1-16(2)10-8-14(9-11-16)13(15)12-6-4-3-5-7-12/h12H,3-11H2,1-2H3. The van der Waals surface area contributed by atoms with Crippen molar-refractivity contribution in [2.24, 2.45) is 5.92 Å². The smallest absolute Gasteiger partial charge is 0.225 e. The molecule has 1 amide bonds. The molecule has 0 N–H and O–H groups in total. The minimum Gasteiger partial charge on any atom is -0.341 e. The molecule has 0 radical (unpaired) electrons. The van der Waals surface area contributed by atoms with Crippen LogP contribution in [0.2, 0.25) is 0 Å². The molecule has 2 fully saturated rings. The molecule has 1 saturated heterocycles. The molecule has 0 aromatic carbocycles. The van der Waals surface area contributed by atoms with Gasteiger partial charge in [0, 0.05) is 19.0 Å². The van der Waals surface area contributed by atoms with Crippen molar-refractivity contribution in [1.29, 1.82) is 0 Å². The Morgan fingerprint density at radius 1 is 1.06 bits per heavy atom. The quantitative estimate of drug-likeness (QED) is 0.693. The van der Waals surface area contributed by atoms with Gasteiger partial charge in [-0.3, -0.25) is 4.79 Å². The van der Waals surface area contributed by atoms with Gasteiger partial charge in [-0.15, -0.1) is 0 Å². The van der Waals surface area contributed by atoms with Gasteiger partial charge in [0.1, 0.15) is 0 Å². The van der Waals surface area contributed by atoms with E-state index in [1.54, 1.807) is 0 Å². The van der Waals surface area contributed by atoms with Gasteiger partial charge in [0.15, 0.2) is 0 Å². The molecule has 0 spiro atoms. The van der Waals surface area contributed by atoms with E-state index in [0.717, 1.165) is 25.9 Å². The number of amides is 1. The van der Waals surface area contributed by atoms with E-state index in [2.05, 4.69) is 17.4 Å². The van der Waals surface area contributed by atoms with E-state index in [0.29, 0.717) is 11.8 Å². The zero-order chi connectivity index (χ0) is 11.6. The van der Waals surface area contributed by atoms with Gasteiger partial charge in [0.25, 0.3) is 0 Å². The first kappa shape index (κ1) is 12.3. The number of hydrogen-bond acceptors (Lipinski definition) is 1. The Kier molecular flexibility index (Phi) is 3.83. The summed E-state index contributed by atoms with van der Waals surface area (Å²) in [6.07, 6.45) is 10.9. The number of carbonyl (C=O) groups is 1. The van der Waals surface area contributed by atoms with Crippen molar-refractivity contribution in [2.45, 2.75) is 32.1 Å². The first-order valence-electron chi connectivity index (χ1n) is 6.56. The predicted octanol–water partition coefficient (Wildman–Crippen LogP) is 2.47. The average molecular weight is 243 g/mol. The summed E-state index contributed by atoms with van der Waals surface area (Å²) in [4.78, 5) is 14.4. The van der Waals surface area contributed by atoms with Gasteiger partial charge in [-0.2, -0.15) is 0 Å². The minimum absolute atomic E-state index is 0.366. The largest absolute Gasteiger partial charge is 0.341 e. The molecule has 0 aromatic heterocycles. The minimum atomic E-state index is -0.374. The van der Waals surface area contributed by atoms with Crippen LogP contribution in [0, 0.1) is 5.92 Å². The number of nitrogens with zero attached hydrogens (tertiary/aromatic N) is 1. The molecule has 16 heavy (non-hydrogen) atoms. The summed E-state index contributed by atoms with van der Waals surface area (Å²) in [6.45, 7) is 2.05. The zero-order valence-corrected chi connectivity index (χ0v) is 11.5.